The molecule has 0 unspecified atom stereocenters. The Morgan fingerprint density at radius 3 is 2.88 bits per heavy atom. The fourth-order valence-electron chi connectivity index (χ4n) is 2.83. The van der Waals surface area contributed by atoms with Crippen molar-refractivity contribution in [3.8, 4) is 5.75 Å². The Kier molecular flexibility index (Phi) is 3.46. The number of methoxy groups -OCH3 is 1. The van der Waals surface area contributed by atoms with Crippen molar-refractivity contribution in [2.75, 3.05) is 12.4 Å². The number of fused-ring (bicyclic) bond motifs is 2. The lowest BCUT2D eigenvalue weighted by Gasteiger charge is -2.00. The van der Waals surface area contributed by atoms with Crippen LogP contribution in [0.4, 0.5) is 5.13 Å². The number of benzene rings is 2. The Morgan fingerprint density at radius 2 is 2.04 bits per heavy atom. The van der Waals surface area contributed by atoms with E-state index in [0.29, 0.717) is 16.4 Å². The van der Waals surface area contributed by atoms with Crippen LogP contribution in [-0.2, 0) is 7.05 Å². The predicted molar refractivity (Wildman–Crippen MR) is 97.0 cm³/mol. The maximum atomic E-state index is 12.7. The topological polar surface area (TPSA) is 56.1 Å². The van der Waals surface area contributed by atoms with Crippen LogP contribution in [0.15, 0.2) is 48.7 Å². The highest BCUT2D eigenvalue weighted by Gasteiger charge is 2.16. The Labute approximate surface area is 142 Å². The summed E-state index contributed by atoms with van der Waals surface area (Å²) in [6, 6.07) is 13.6. The second-order valence-electron chi connectivity index (χ2n) is 5.45. The number of aromatic nitrogens is 2. The highest BCUT2D eigenvalue weighted by Crippen LogP contribution is 2.32. The van der Waals surface area contributed by atoms with Crippen LogP contribution < -0.4 is 10.1 Å². The Balaban J connectivity index is 1.71. The molecule has 6 heteroatoms. The number of carbonyl (C=O) groups is 1. The number of hydrogen-bond acceptors (Lipinski definition) is 4. The molecule has 24 heavy (non-hydrogen) atoms. The first-order valence-corrected chi connectivity index (χ1v) is 8.28. The minimum absolute atomic E-state index is 0.162. The van der Waals surface area contributed by atoms with Crippen LogP contribution in [0.2, 0.25) is 0 Å². The highest BCUT2D eigenvalue weighted by atomic mass is 32.1. The number of rotatable bonds is 3. The molecule has 1 N–H and O–H groups in total. The fraction of sp³-hybridized carbons (Fsp3) is 0.111. The van der Waals surface area contributed by atoms with Crippen molar-refractivity contribution in [3.63, 3.8) is 0 Å². The highest BCUT2D eigenvalue weighted by molar-refractivity contribution is 7.22. The van der Waals surface area contributed by atoms with Crippen LogP contribution >= 0.6 is 11.3 Å². The zero-order valence-corrected chi connectivity index (χ0v) is 14.1. The molecule has 2 aromatic carbocycles. The molecule has 4 aromatic rings. The van der Waals surface area contributed by atoms with E-state index in [-0.39, 0.29) is 5.91 Å². The van der Waals surface area contributed by atoms with E-state index in [1.165, 1.54) is 11.3 Å². The molecule has 0 atom stereocenters. The lowest BCUT2D eigenvalue weighted by molar-refractivity contribution is 0.102. The lowest BCUT2D eigenvalue weighted by Crippen LogP contribution is -2.11. The van der Waals surface area contributed by atoms with Gasteiger partial charge >= 0.3 is 0 Å². The molecular formula is C18H15N3O2S. The number of amides is 1. The van der Waals surface area contributed by atoms with Gasteiger partial charge in [-0.15, -0.1) is 0 Å². The maximum absolute atomic E-state index is 12.7. The van der Waals surface area contributed by atoms with E-state index in [9.17, 15) is 4.79 Å². The summed E-state index contributed by atoms with van der Waals surface area (Å²) in [5, 5.41) is 4.39. The molecule has 5 nitrogen and oxygen atoms in total. The molecule has 0 radical (unpaired) electrons. The number of carbonyl (C=O) groups excluding carboxylic acids is 1. The number of ether oxygens (including phenoxy) is 1. The monoisotopic (exact) mass is 337 g/mol. The number of nitrogens with zero attached hydrogens (tertiary/aromatic N) is 2. The van der Waals surface area contributed by atoms with Crippen molar-refractivity contribution >= 4 is 43.5 Å². The van der Waals surface area contributed by atoms with Crippen LogP contribution in [0.5, 0.6) is 5.75 Å². The number of thiazole rings is 1. The molecule has 0 aliphatic rings. The summed E-state index contributed by atoms with van der Waals surface area (Å²) in [6.45, 7) is 0. The third-order valence-corrected chi connectivity index (χ3v) is 4.90. The van der Waals surface area contributed by atoms with Gasteiger partial charge in [-0.3, -0.25) is 10.1 Å². The fourth-order valence-corrected chi connectivity index (χ4v) is 3.71. The van der Waals surface area contributed by atoms with E-state index in [1.807, 2.05) is 60.3 Å². The van der Waals surface area contributed by atoms with E-state index in [0.717, 1.165) is 21.1 Å². The Morgan fingerprint density at radius 1 is 1.21 bits per heavy atom. The maximum Gasteiger partial charge on any atom is 0.259 e. The van der Waals surface area contributed by atoms with Crippen molar-refractivity contribution in [2.24, 2.45) is 7.05 Å². The summed E-state index contributed by atoms with van der Waals surface area (Å²) in [7, 11) is 3.55. The minimum Gasteiger partial charge on any atom is -0.494 e. The van der Waals surface area contributed by atoms with Crippen molar-refractivity contribution in [1.82, 2.24) is 9.55 Å². The summed E-state index contributed by atoms with van der Waals surface area (Å²) in [6.07, 6.45) is 1.84. The third-order valence-electron chi connectivity index (χ3n) is 3.96. The molecule has 0 aliphatic carbocycles. The van der Waals surface area contributed by atoms with Gasteiger partial charge in [0.05, 0.1) is 17.4 Å². The van der Waals surface area contributed by atoms with Gasteiger partial charge in [0.2, 0.25) is 0 Å². The summed E-state index contributed by atoms with van der Waals surface area (Å²) in [5.74, 6) is 0.541. The molecule has 0 fully saturated rings. The Hall–Kier alpha value is -2.86. The molecule has 0 saturated carbocycles. The predicted octanol–water partition coefficient (Wildman–Crippen LogP) is 4.05. The van der Waals surface area contributed by atoms with Gasteiger partial charge in [-0.1, -0.05) is 35.6 Å². The molecule has 0 spiro atoms. The summed E-state index contributed by atoms with van der Waals surface area (Å²) < 4.78 is 8.24. The average molecular weight is 337 g/mol. The SMILES string of the molecule is COc1cccc2sc(NC(=O)c3cn(C)c4ccccc34)nc12. The third kappa shape index (κ3) is 2.32. The largest absolute Gasteiger partial charge is 0.494 e. The van der Waals surface area contributed by atoms with E-state index in [4.69, 9.17) is 4.74 Å². The Bertz CT molecular complexity index is 1060. The molecular weight excluding hydrogens is 322 g/mol. The second-order valence-corrected chi connectivity index (χ2v) is 6.48. The minimum atomic E-state index is -0.162. The van der Waals surface area contributed by atoms with Gasteiger partial charge in [-0.2, -0.15) is 0 Å². The molecule has 4 rings (SSSR count). The molecule has 1 amide bonds. The van der Waals surface area contributed by atoms with E-state index >= 15 is 0 Å². The number of anilines is 1. The van der Waals surface area contributed by atoms with Crippen LogP contribution in [-0.4, -0.2) is 22.6 Å². The van der Waals surface area contributed by atoms with Gasteiger partial charge in [0.25, 0.3) is 5.91 Å². The van der Waals surface area contributed by atoms with Crippen molar-refractivity contribution in [1.29, 1.82) is 0 Å². The number of hydrogen-bond donors (Lipinski definition) is 1. The number of para-hydroxylation sites is 2. The molecule has 0 bridgehead atoms. The first kappa shape index (κ1) is 14.7. The number of nitrogens with one attached hydrogen (secondary N) is 1. The smallest absolute Gasteiger partial charge is 0.259 e. The van der Waals surface area contributed by atoms with Gasteiger partial charge < -0.3 is 9.30 Å². The summed E-state index contributed by atoms with van der Waals surface area (Å²) >= 11 is 1.43. The van der Waals surface area contributed by atoms with Crippen LogP contribution in [0.25, 0.3) is 21.1 Å². The normalized spacial score (nSPS) is 11.1. The average Bonchev–Trinajstić information content (AvgIpc) is 3.15. The first-order valence-electron chi connectivity index (χ1n) is 7.46. The standard InChI is InChI=1S/C18H15N3O2S/c1-21-10-12(11-6-3-4-7-13(11)21)17(22)20-18-19-16-14(23-2)8-5-9-15(16)24-18/h3-10H,1-2H3,(H,19,20,22). The zero-order valence-electron chi connectivity index (χ0n) is 13.2. The van der Waals surface area contributed by atoms with Gasteiger partial charge in [0, 0.05) is 24.1 Å². The van der Waals surface area contributed by atoms with Crippen LogP contribution in [0, 0.1) is 0 Å². The molecule has 0 saturated heterocycles. The zero-order chi connectivity index (χ0) is 16.7. The van der Waals surface area contributed by atoms with Crippen LogP contribution in [0.1, 0.15) is 10.4 Å². The van der Waals surface area contributed by atoms with E-state index < -0.39 is 0 Å². The summed E-state index contributed by atoms with van der Waals surface area (Å²) in [4.78, 5) is 17.2. The number of aryl methyl sites for hydroxylation is 1. The van der Waals surface area contributed by atoms with Crippen molar-refractivity contribution in [3.05, 3.63) is 54.2 Å². The quantitative estimate of drug-likeness (QED) is 0.613. The van der Waals surface area contributed by atoms with Gasteiger partial charge in [-0.25, -0.2) is 4.98 Å². The molecule has 0 aliphatic heterocycles. The van der Waals surface area contributed by atoms with Gasteiger partial charge in [0.1, 0.15) is 11.3 Å². The summed E-state index contributed by atoms with van der Waals surface area (Å²) in [5.41, 5.74) is 2.42. The lowest BCUT2D eigenvalue weighted by atomic mass is 10.1. The van der Waals surface area contributed by atoms with E-state index in [2.05, 4.69) is 10.3 Å². The van der Waals surface area contributed by atoms with Gasteiger partial charge in [0.15, 0.2) is 5.13 Å². The second kappa shape index (κ2) is 5.65. The molecule has 2 aromatic heterocycles. The van der Waals surface area contributed by atoms with Crippen molar-refractivity contribution < 1.29 is 9.53 Å². The van der Waals surface area contributed by atoms with Gasteiger partial charge in [-0.05, 0) is 18.2 Å². The van der Waals surface area contributed by atoms with Crippen LogP contribution in [0.3, 0.4) is 0 Å². The molecule has 120 valence electrons. The van der Waals surface area contributed by atoms with Crippen molar-refractivity contribution in [2.45, 2.75) is 0 Å². The van der Waals surface area contributed by atoms with E-state index in [1.54, 1.807) is 7.11 Å². The first-order chi connectivity index (χ1) is 11.7. The molecule has 2 heterocycles.